The lowest BCUT2D eigenvalue weighted by atomic mass is 9.48. The monoisotopic (exact) mass is 490 g/mol. The van der Waals surface area contributed by atoms with Gasteiger partial charge in [0.2, 0.25) is 0 Å². The molecule has 2 unspecified atom stereocenters. The molecule has 4 heteroatoms. The van der Waals surface area contributed by atoms with E-state index in [0.29, 0.717) is 17.0 Å². The minimum atomic E-state index is -0.464. The summed E-state index contributed by atoms with van der Waals surface area (Å²) in [5, 5.41) is 0. The second-order valence-corrected chi connectivity index (χ2v) is 11.6. The molecule has 4 nitrogen and oxygen atoms in total. The van der Waals surface area contributed by atoms with E-state index in [4.69, 9.17) is 9.47 Å². The number of esters is 2. The number of hydrogen-bond acceptors (Lipinski definition) is 4. The molecule has 0 spiro atoms. The summed E-state index contributed by atoms with van der Waals surface area (Å²) in [5.74, 6) is -0.355. The van der Waals surface area contributed by atoms with Gasteiger partial charge in [0.15, 0.2) is 0 Å². The molecule has 2 atom stereocenters. The van der Waals surface area contributed by atoms with Crippen LogP contribution in [0.1, 0.15) is 105 Å². The van der Waals surface area contributed by atoms with Crippen LogP contribution in [0, 0.1) is 16.7 Å². The highest BCUT2D eigenvalue weighted by Gasteiger charge is 2.63. The second kappa shape index (κ2) is 10.8. The zero-order valence-corrected chi connectivity index (χ0v) is 22.6. The third-order valence-electron chi connectivity index (χ3n) is 8.93. The Morgan fingerprint density at radius 2 is 1.17 bits per heavy atom. The van der Waals surface area contributed by atoms with E-state index in [9.17, 15) is 9.59 Å². The molecular formula is C32H42O4. The van der Waals surface area contributed by atoms with E-state index in [1.807, 2.05) is 48.5 Å². The fourth-order valence-corrected chi connectivity index (χ4v) is 6.37. The highest BCUT2D eigenvalue weighted by Crippen LogP contribution is 2.61. The molecule has 194 valence electrons. The summed E-state index contributed by atoms with van der Waals surface area (Å²) < 4.78 is 12.6. The Labute approximate surface area is 216 Å². The predicted molar refractivity (Wildman–Crippen MR) is 143 cm³/mol. The number of carbonyl (C=O) groups excluding carboxylic acids is 2. The number of carbonyl (C=O) groups is 2. The van der Waals surface area contributed by atoms with Gasteiger partial charge in [-0.05, 0) is 79.8 Å². The summed E-state index contributed by atoms with van der Waals surface area (Å²) >= 11 is 0. The first-order valence-corrected chi connectivity index (χ1v) is 13.8. The molecule has 0 heterocycles. The molecule has 2 bridgehead atoms. The molecule has 5 rings (SSSR count). The molecule has 0 saturated heterocycles. The molecule has 0 radical (unpaired) electrons. The minimum absolute atomic E-state index is 0.189. The van der Waals surface area contributed by atoms with Gasteiger partial charge in [0.1, 0.15) is 12.2 Å². The van der Waals surface area contributed by atoms with Crippen molar-refractivity contribution in [2.24, 2.45) is 16.7 Å². The average molecular weight is 491 g/mol. The smallest absolute Gasteiger partial charge is 0.338 e. The van der Waals surface area contributed by atoms with E-state index in [1.165, 1.54) is 11.1 Å². The quantitative estimate of drug-likeness (QED) is 0.340. The third-order valence-corrected chi connectivity index (χ3v) is 8.93. The van der Waals surface area contributed by atoms with E-state index < -0.39 is 12.2 Å². The normalized spacial score (nSPS) is 27.2. The lowest BCUT2D eigenvalue weighted by molar-refractivity contribution is -0.210. The van der Waals surface area contributed by atoms with Gasteiger partial charge in [0.25, 0.3) is 0 Å². The van der Waals surface area contributed by atoms with Crippen molar-refractivity contribution in [2.75, 3.05) is 0 Å². The topological polar surface area (TPSA) is 52.6 Å². The summed E-state index contributed by atoms with van der Waals surface area (Å²) in [4.78, 5) is 26.7. The molecule has 3 fully saturated rings. The molecule has 0 aromatic heterocycles. The van der Waals surface area contributed by atoms with E-state index in [2.05, 4.69) is 34.6 Å². The first kappa shape index (κ1) is 26.4. The Balaban J connectivity index is 1.60. The molecule has 3 aliphatic carbocycles. The van der Waals surface area contributed by atoms with Crippen molar-refractivity contribution in [3.63, 3.8) is 0 Å². The Bertz CT molecular complexity index is 1040. The third kappa shape index (κ3) is 5.10. The Kier molecular flexibility index (Phi) is 7.92. The van der Waals surface area contributed by atoms with Gasteiger partial charge in [-0.3, -0.25) is 0 Å². The number of rotatable bonds is 9. The summed E-state index contributed by atoms with van der Waals surface area (Å²) in [6, 6.07) is 15.4. The molecule has 36 heavy (non-hydrogen) atoms. The Morgan fingerprint density at radius 3 is 1.56 bits per heavy atom. The van der Waals surface area contributed by atoms with Gasteiger partial charge in [0, 0.05) is 10.8 Å². The molecule has 3 aliphatic rings. The fraction of sp³-hybridized carbons (Fsp3) is 0.562. The van der Waals surface area contributed by atoms with Crippen LogP contribution < -0.4 is 0 Å². The van der Waals surface area contributed by atoms with Crippen LogP contribution in [0.2, 0.25) is 0 Å². The van der Waals surface area contributed by atoms with Gasteiger partial charge in [-0.15, -0.1) is 0 Å². The molecule has 3 saturated carbocycles. The van der Waals surface area contributed by atoms with Gasteiger partial charge in [0.05, 0.1) is 11.1 Å². The van der Waals surface area contributed by atoms with Crippen molar-refractivity contribution in [1.82, 2.24) is 0 Å². The van der Waals surface area contributed by atoms with E-state index in [0.717, 1.165) is 51.4 Å². The van der Waals surface area contributed by atoms with Gasteiger partial charge in [-0.25, -0.2) is 9.59 Å². The van der Waals surface area contributed by atoms with Crippen LogP contribution in [0.5, 0.6) is 0 Å². The highest BCUT2D eigenvalue weighted by atomic mass is 16.6. The predicted octanol–water partition coefficient (Wildman–Crippen LogP) is 7.58. The van der Waals surface area contributed by atoms with Gasteiger partial charge < -0.3 is 9.47 Å². The average Bonchev–Trinajstić information content (AvgIpc) is 2.87. The first-order valence-electron chi connectivity index (χ1n) is 13.8. The van der Waals surface area contributed by atoms with E-state index in [-0.39, 0.29) is 22.8 Å². The van der Waals surface area contributed by atoms with Crippen LogP contribution in [0.3, 0.4) is 0 Å². The van der Waals surface area contributed by atoms with E-state index in [1.54, 1.807) is 0 Å². The number of aryl methyl sites for hydroxylation is 2. The molecular weight excluding hydrogens is 448 g/mol. The SMILES string of the molecule is CCCc1ccc(C(=O)OC2C(OC(=O)c3ccc(CCC)cc3)C3(C(C)C)CCC2(C)CC3)cc1. The van der Waals surface area contributed by atoms with Crippen LogP contribution in [-0.4, -0.2) is 24.1 Å². The lowest BCUT2D eigenvalue weighted by Gasteiger charge is -2.61. The summed E-state index contributed by atoms with van der Waals surface area (Å²) in [5.41, 5.74) is 3.14. The van der Waals surface area contributed by atoms with Crippen molar-refractivity contribution in [3.05, 3.63) is 70.8 Å². The number of benzene rings is 2. The minimum Gasteiger partial charge on any atom is -0.454 e. The maximum atomic E-state index is 13.4. The van der Waals surface area contributed by atoms with Crippen molar-refractivity contribution in [2.45, 2.75) is 98.2 Å². The Morgan fingerprint density at radius 1 is 0.750 bits per heavy atom. The maximum absolute atomic E-state index is 13.4. The van der Waals surface area contributed by atoms with Gasteiger partial charge >= 0.3 is 11.9 Å². The van der Waals surface area contributed by atoms with Crippen LogP contribution in [0.25, 0.3) is 0 Å². The van der Waals surface area contributed by atoms with Crippen molar-refractivity contribution in [3.8, 4) is 0 Å². The lowest BCUT2D eigenvalue weighted by Crippen LogP contribution is -2.64. The largest absolute Gasteiger partial charge is 0.454 e. The van der Waals surface area contributed by atoms with Crippen LogP contribution in [-0.2, 0) is 22.3 Å². The first-order chi connectivity index (χ1) is 17.2. The molecule has 0 N–H and O–H groups in total. The van der Waals surface area contributed by atoms with Crippen LogP contribution in [0.15, 0.2) is 48.5 Å². The van der Waals surface area contributed by atoms with Crippen molar-refractivity contribution in [1.29, 1.82) is 0 Å². The van der Waals surface area contributed by atoms with Crippen LogP contribution >= 0.6 is 0 Å². The Hall–Kier alpha value is -2.62. The summed E-state index contributed by atoms with van der Waals surface area (Å²) in [6.45, 7) is 10.9. The van der Waals surface area contributed by atoms with Gasteiger partial charge in [-0.2, -0.15) is 0 Å². The molecule has 2 aromatic carbocycles. The van der Waals surface area contributed by atoms with Crippen LogP contribution in [0.4, 0.5) is 0 Å². The second-order valence-electron chi connectivity index (χ2n) is 11.6. The fourth-order valence-electron chi connectivity index (χ4n) is 6.37. The zero-order valence-electron chi connectivity index (χ0n) is 22.6. The molecule has 0 aliphatic heterocycles. The van der Waals surface area contributed by atoms with Crippen molar-refractivity contribution < 1.29 is 19.1 Å². The molecule has 0 amide bonds. The number of ether oxygens (including phenoxy) is 2. The maximum Gasteiger partial charge on any atom is 0.338 e. The number of fused-ring (bicyclic) bond motifs is 3. The zero-order chi connectivity index (χ0) is 25.9. The van der Waals surface area contributed by atoms with Gasteiger partial charge in [-0.1, -0.05) is 71.7 Å². The highest BCUT2D eigenvalue weighted by molar-refractivity contribution is 5.90. The summed E-state index contributed by atoms with van der Waals surface area (Å²) in [6.07, 6.45) is 7.09. The summed E-state index contributed by atoms with van der Waals surface area (Å²) in [7, 11) is 0. The number of hydrogen-bond donors (Lipinski definition) is 0. The van der Waals surface area contributed by atoms with Crippen molar-refractivity contribution >= 4 is 11.9 Å². The molecule has 2 aromatic rings. The van der Waals surface area contributed by atoms with E-state index >= 15 is 0 Å². The standard InChI is InChI=1S/C32H42O4/c1-6-8-23-10-14-25(15-11-23)29(33)35-27-28(32(22(3)4)20-18-31(27,5)19-21-32)36-30(34)26-16-12-24(9-7-2)13-17-26/h10-17,22,27-28H,6-9,18-21H2,1-5H3.